The molecular formula is C24H25N3O4. The predicted molar refractivity (Wildman–Crippen MR) is 116 cm³/mol. The third-order valence-electron chi connectivity index (χ3n) is 5.33. The molecule has 7 heteroatoms. The summed E-state index contributed by atoms with van der Waals surface area (Å²) in [7, 11) is 3.28. The molecule has 1 amide bonds. The second kappa shape index (κ2) is 9.47. The minimum Gasteiger partial charge on any atom is -0.497 e. The second-order valence-corrected chi connectivity index (χ2v) is 7.27. The van der Waals surface area contributed by atoms with Crippen molar-refractivity contribution in [2.24, 2.45) is 0 Å². The highest BCUT2D eigenvalue weighted by molar-refractivity contribution is 5.78. The minimum absolute atomic E-state index is 0.0205. The van der Waals surface area contributed by atoms with E-state index in [1.165, 1.54) is 0 Å². The van der Waals surface area contributed by atoms with Gasteiger partial charge in [-0.25, -0.2) is 0 Å². The fraction of sp³-hybridized carbons (Fsp3) is 0.292. The van der Waals surface area contributed by atoms with Crippen molar-refractivity contribution in [3.8, 4) is 28.4 Å². The van der Waals surface area contributed by atoms with E-state index in [9.17, 15) is 4.79 Å². The van der Waals surface area contributed by atoms with Crippen molar-refractivity contribution in [1.82, 2.24) is 15.3 Å². The van der Waals surface area contributed by atoms with Crippen LogP contribution >= 0.6 is 0 Å². The molecule has 0 radical (unpaired) electrons. The van der Waals surface area contributed by atoms with Crippen LogP contribution < -0.4 is 19.5 Å². The molecule has 0 saturated carbocycles. The Morgan fingerprint density at radius 3 is 2.84 bits per heavy atom. The lowest BCUT2D eigenvalue weighted by molar-refractivity contribution is -0.122. The summed E-state index contributed by atoms with van der Waals surface area (Å²) in [6.07, 6.45) is 6.56. The Kier molecular flexibility index (Phi) is 6.31. The first-order chi connectivity index (χ1) is 15.2. The number of nitrogens with one attached hydrogen (secondary N) is 1. The van der Waals surface area contributed by atoms with Gasteiger partial charge in [-0.1, -0.05) is 6.07 Å². The minimum atomic E-state index is -0.116. The lowest BCUT2D eigenvalue weighted by atomic mass is 9.94. The Balaban J connectivity index is 1.55. The molecule has 0 spiro atoms. The lowest BCUT2D eigenvalue weighted by Gasteiger charge is -2.27. The van der Waals surface area contributed by atoms with E-state index in [0.717, 1.165) is 39.6 Å². The van der Waals surface area contributed by atoms with Crippen LogP contribution in [0.4, 0.5) is 0 Å². The van der Waals surface area contributed by atoms with Gasteiger partial charge in [0, 0.05) is 42.6 Å². The molecule has 0 aliphatic carbocycles. The molecule has 2 heterocycles. The van der Waals surface area contributed by atoms with E-state index in [2.05, 4.69) is 21.4 Å². The van der Waals surface area contributed by atoms with Crippen LogP contribution in [0.25, 0.3) is 11.1 Å². The van der Waals surface area contributed by atoms with Crippen LogP contribution in [0.3, 0.4) is 0 Å². The molecule has 3 aromatic rings. The van der Waals surface area contributed by atoms with Gasteiger partial charge in [0.2, 0.25) is 5.91 Å². The molecule has 0 saturated heterocycles. The average Bonchev–Trinajstić information content (AvgIpc) is 2.83. The van der Waals surface area contributed by atoms with Gasteiger partial charge in [0.05, 0.1) is 32.6 Å². The molecule has 1 unspecified atom stereocenters. The number of aryl methyl sites for hydroxylation is 1. The van der Waals surface area contributed by atoms with Gasteiger partial charge in [-0.15, -0.1) is 0 Å². The van der Waals surface area contributed by atoms with Crippen molar-refractivity contribution in [2.75, 3.05) is 20.8 Å². The highest BCUT2D eigenvalue weighted by Gasteiger charge is 2.24. The number of hydrogen-bond donors (Lipinski definition) is 1. The zero-order valence-corrected chi connectivity index (χ0v) is 17.6. The standard InChI is InChI=1S/C24H25N3O4/c1-29-18-5-7-22(30-2)19(14-18)16-3-6-23-20(13-16)21(9-12-31-23)27-24(28)8-4-17-15-25-10-11-26-17/h3,5-7,10-11,13-15,21H,4,8-9,12H2,1-2H3,(H,27,28). The summed E-state index contributed by atoms with van der Waals surface area (Å²) in [5.74, 6) is 2.27. The Hall–Kier alpha value is -3.61. The fourth-order valence-electron chi connectivity index (χ4n) is 3.72. The van der Waals surface area contributed by atoms with E-state index < -0.39 is 0 Å². The second-order valence-electron chi connectivity index (χ2n) is 7.27. The van der Waals surface area contributed by atoms with Crippen molar-refractivity contribution >= 4 is 5.91 Å². The van der Waals surface area contributed by atoms with Gasteiger partial charge in [-0.3, -0.25) is 14.8 Å². The molecule has 1 aliphatic heterocycles. The molecule has 0 bridgehead atoms. The summed E-state index contributed by atoms with van der Waals surface area (Å²) in [5, 5.41) is 3.15. The number of fused-ring (bicyclic) bond motifs is 1. The van der Waals surface area contributed by atoms with E-state index in [1.807, 2.05) is 30.3 Å². The molecule has 1 N–H and O–H groups in total. The molecule has 0 fully saturated rings. The van der Waals surface area contributed by atoms with Crippen molar-refractivity contribution in [1.29, 1.82) is 0 Å². The van der Waals surface area contributed by atoms with Crippen LogP contribution in [0.15, 0.2) is 55.0 Å². The average molecular weight is 419 g/mol. The van der Waals surface area contributed by atoms with Crippen LogP contribution in [0.1, 0.15) is 30.1 Å². The van der Waals surface area contributed by atoms with Crippen molar-refractivity contribution in [3.05, 3.63) is 66.2 Å². The first kappa shape index (κ1) is 20.7. The monoisotopic (exact) mass is 419 g/mol. The molecule has 2 aromatic carbocycles. The van der Waals surface area contributed by atoms with Gasteiger partial charge in [-0.2, -0.15) is 0 Å². The van der Waals surface area contributed by atoms with Crippen LogP contribution in [0, 0.1) is 0 Å². The number of nitrogens with zero attached hydrogens (tertiary/aromatic N) is 2. The highest BCUT2D eigenvalue weighted by atomic mass is 16.5. The number of benzene rings is 2. The van der Waals surface area contributed by atoms with Gasteiger partial charge in [0.1, 0.15) is 17.2 Å². The summed E-state index contributed by atoms with van der Waals surface area (Å²) < 4.78 is 16.8. The number of methoxy groups -OCH3 is 2. The maximum absolute atomic E-state index is 12.6. The van der Waals surface area contributed by atoms with Crippen molar-refractivity contribution in [3.63, 3.8) is 0 Å². The van der Waals surface area contributed by atoms with E-state index in [0.29, 0.717) is 25.9 Å². The predicted octanol–water partition coefficient (Wildman–Crippen LogP) is 3.73. The maximum atomic E-state index is 12.6. The van der Waals surface area contributed by atoms with E-state index in [1.54, 1.807) is 32.8 Å². The zero-order valence-electron chi connectivity index (χ0n) is 17.6. The molecule has 160 valence electrons. The summed E-state index contributed by atoms with van der Waals surface area (Å²) in [4.78, 5) is 20.9. The van der Waals surface area contributed by atoms with Gasteiger partial charge in [-0.05, 0) is 42.3 Å². The summed E-state index contributed by atoms with van der Waals surface area (Å²) in [5.41, 5.74) is 3.65. The lowest BCUT2D eigenvalue weighted by Crippen LogP contribution is -2.32. The topological polar surface area (TPSA) is 82.6 Å². The van der Waals surface area contributed by atoms with E-state index in [4.69, 9.17) is 14.2 Å². The summed E-state index contributed by atoms with van der Waals surface area (Å²) >= 11 is 0. The maximum Gasteiger partial charge on any atom is 0.220 e. The van der Waals surface area contributed by atoms with Gasteiger partial charge in [0.25, 0.3) is 0 Å². The number of rotatable bonds is 7. The first-order valence-electron chi connectivity index (χ1n) is 10.2. The molecule has 1 aromatic heterocycles. The molecule has 7 nitrogen and oxygen atoms in total. The Bertz CT molecular complexity index is 1060. The quantitative estimate of drug-likeness (QED) is 0.628. The first-order valence-corrected chi connectivity index (χ1v) is 10.2. The normalized spacial score (nSPS) is 14.8. The molecular weight excluding hydrogens is 394 g/mol. The molecule has 1 atom stereocenters. The van der Waals surface area contributed by atoms with Crippen LogP contribution in [0.5, 0.6) is 17.2 Å². The highest BCUT2D eigenvalue weighted by Crippen LogP contribution is 2.39. The van der Waals surface area contributed by atoms with E-state index >= 15 is 0 Å². The van der Waals surface area contributed by atoms with Crippen LogP contribution in [0.2, 0.25) is 0 Å². The summed E-state index contributed by atoms with van der Waals surface area (Å²) in [6, 6.07) is 11.6. The summed E-state index contributed by atoms with van der Waals surface area (Å²) in [6.45, 7) is 0.559. The zero-order chi connectivity index (χ0) is 21.6. The third kappa shape index (κ3) is 4.77. The Labute approximate surface area is 181 Å². The number of amides is 1. The van der Waals surface area contributed by atoms with Gasteiger partial charge < -0.3 is 19.5 Å². The Morgan fingerprint density at radius 1 is 1.16 bits per heavy atom. The molecule has 4 rings (SSSR count). The van der Waals surface area contributed by atoms with Crippen LogP contribution in [-0.2, 0) is 11.2 Å². The smallest absolute Gasteiger partial charge is 0.220 e. The van der Waals surface area contributed by atoms with Gasteiger partial charge >= 0.3 is 0 Å². The van der Waals surface area contributed by atoms with Gasteiger partial charge in [0.15, 0.2) is 0 Å². The number of hydrogen-bond acceptors (Lipinski definition) is 6. The van der Waals surface area contributed by atoms with E-state index in [-0.39, 0.29) is 11.9 Å². The molecule has 1 aliphatic rings. The SMILES string of the molecule is COc1ccc(OC)c(-c2ccc3c(c2)C(NC(=O)CCc2cnccn2)CCO3)c1. The fourth-order valence-corrected chi connectivity index (χ4v) is 3.72. The number of carbonyl (C=O) groups excluding carboxylic acids is 1. The van der Waals surface area contributed by atoms with Crippen molar-refractivity contribution in [2.45, 2.75) is 25.3 Å². The van der Waals surface area contributed by atoms with Crippen molar-refractivity contribution < 1.29 is 19.0 Å². The van der Waals surface area contributed by atoms with Crippen LogP contribution in [-0.4, -0.2) is 36.7 Å². The number of ether oxygens (including phenoxy) is 3. The molecule has 31 heavy (non-hydrogen) atoms. The Morgan fingerprint density at radius 2 is 2.06 bits per heavy atom. The largest absolute Gasteiger partial charge is 0.497 e. The third-order valence-corrected chi connectivity index (χ3v) is 5.33. The number of aromatic nitrogens is 2. The number of carbonyl (C=O) groups is 1.